The van der Waals surface area contributed by atoms with Crippen LogP contribution in [0.5, 0.6) is 0 Å². The summed E-state index contributed by atoms with van der Waals surface area (Å²) in [6.45, 7) is 2.74. The fourth-order valence-electron chi connectivity index (χ4n) is 2.71. The monoisotopic (exact) mass is 287 g/mol. The van der Waals surface area contributed by atoms with Crippen LogP contribution in [0.4, 0.5) is 0 Å². The van der Waals surface area contributed by atoms with E-state index in [1.165, 1.54) is 0 Å². The van der Waals surface area contributed by atoms with Gasteiger partial charge in [0.1, 0.15) is 6.10 Å². The third-order valence-corrected chi connectivity index (χ3v) is 3.74. The van der Waals surface area contributed by atoms with Crippen LogP contribution in [0.15, 0.2) is 30.3 Å². The number of hydrogen-bond donors (Lipinski definition) is 1. The van der Waals surface area contributed by atoms with Crippen molar-refractivity contribution >= 4 is 5.91 Å². The number of aliphatic hydroxyl groups excluding tert-OH is 1. The minimum atomic E-state index is -0.825. The highest BCUT2D eigenvalue weighted by molar-refractivity contribution is 5.82. The van der Waals surface area contributed by atoms with Gasteiger partial charge in [-0.15, -0.1) is 12.3 Å². The molecule has 1 fully saturated rings. The number of aliphatic hydroxyl groups is 1. The molecule has 0 saturated carbocycles. The van der Waals surface area contributed by atoms with Gasteiger partial charge in [0.05, 0.1) is 5.92 Å². The summed E-state index contributed by atoms with van der Waals surface area (Å²) in [5.41, 5.74) is 1.01. The van der Waals surface area contributed by atoms with E-state index >= 15 is 0 Å². The minimum Gasteiger partial charge on any atom is -0.388 e. The first-order chi connectivity index (χ1) is 10.2. The normalized spacial score (nSPS) is 25.1. The molecular weight excluding hydrogens is 266 g/mol. The predicted molar refractivity (Wildman–Crippen MR) is 80.0 cm³/mol. The number of likely N-dealkylation sites (tertiary alicyclic amines) is 1. The molecule has 1 aliphatic heterocycles. The van der Waals surface area contributed by atoms with Gasteiger partial charge in [-0.2, -0.15) is 0 Å². The molecule has 1 aromatic carbocycles. The fraction of sp³-hybridized carbons (Fsp3) is 0.471. The van der Waals surface area contributed by atoms with Crippen LogP contribution in [0.2, 0.25) is 0 Å². The van der Waals surface area contributed by atoms with Gasteiger partial charge in [-0.05, 0) is 18.9 Å². The van der Waals surface area contributed by atoms with Crippen molar-refractivity contribution in [3.05, 3.63) is 35.9 Å². The smallest absolute Gasteiger partial charge is 0.230 e. The maximum Gasteiger partial charge on any atom is 0.230 e. The van der Waals surface area contributed by atoms with E-state index in [4.69, 9.17) is 11.2 Å². The SMILES string of the molecule is C#CCC[C@@H]1C(=O)N(Cc2ccccc2)[C@H](OCC)[C@H]1O. The zero-order valence-electron chi connectivity index (χ0n) is 12.2. The third-order valence-electron chi connectivity index (χ3n) is 3.74. The first-order valence-corrected chi connectivity index (χ1v) is 7.26. The molecule has 1 saturated heterocycles. The molecule has 21 heavy (non-hydrogen) atoms. The van der Waals surface area contributed by atoms with Crippen molar-refractivity contribution in [3.63, 3.8) is 0 Å². The van der Waals surface area contributed by atoms with Gasteiger partial charge >= 0.3 is 0 Å². The third kappa shape index (κ3) is 3.44. The Hall–Kier alpha value is -1.83. The van der Waals surface area contributed by atoms with E-state index in [1.54, 1.807) is 4.90 Å². The molecule has 1 heterocycles. The number of nitrogens with zero attached hydrogens (tertiary/aromatic N) is 1. The van der Waals surface area contributed by atoms with Crippen LogP contribution >= 0.6 is 0 Å². The zero-order chi connectivity index (χ0) is 15.2. The molecule has 0 bridgehead atoms. The van der Waals surface area contributed by atoms with Crippen LogP contribution in [0.3, 0.4) is 0 Å². The number of ether oxygens (including phenoxy) is 1. The maximum atomic E-state index is 12.5. The molecule has 0 aliphatic carbocycles. The van der Waals surface area contributed by atoms with E-state index in [1.807, 2.05) is 37.3 Å². The summed E-state index contributed by atoms with van der Waals surface area (Å²) < 4.78 is 5.58. The number of benzene rings is 1. The highest BCUT2D eigenvalue weighted by atomic mass is 16.5. The molecule has 0 radical (unpaired) electrons. The number of carbonyl (C=O) groups is 1. The van der Waals surface area contributed by atoms with Crippen molar-refractivity contribution in [2.24, 2.45) is 5.92 Å². The minimum absolute atomic E-state index is 0.0833. The van der Waals surface area contributed by atoms with E-state index < -0.39 is 18.2 Å². The van der Waals surface area contributed by atoms with Gasteiger partial charge in [-0.1, -0.05) is 30.3 Å². The van der Waals surface area contributed by atoms with Crippen molar-refractivity contribution in [3.8, 4) is 12.3 Å². The van der Waals surface area contributed by atoms with Gasteiger partial charge in [-0.3, -0.25) is 4.79 Å². The van der Waals surface area contributed by atoms with Gasteiger partial charge in [0.2, 0.25) is 5.91 Å². The van der Waals surface area contributed by atoms with E-state index in [9.17, 15) is 9.90 Å². The lowest BCUT2D eigenvalue weighted by Gasteiger charge is -2.25. The molecule has 4 nitrogen and oxygen atoms in total. The van der Waals surface area contributed by atoms with Crippen LogP contribution in [-0.2, 0) is 16.1 Å². The Bertz CT molecular complexity index is 509. The van der Waals surface area contributed by atoms with Crippen molar-refractivity contribution in [2.45, 2.75) is 38.6 Å². The molecule has 2 rings (SSSR count). The van der Waals surface area contributed by atoms with Gasteiger partial charge < -0.3 is 14.7 Å². The lowest BCUT2D eigenvalue weighted by molar-refractivity contribution is -0.140. The summed E-state index contributed by atoms with van der Waals surface area (Å²) in [4.78, 5) is 14.1. The average Bonchev–Trinajstić information content (AvgIpc) is 2.71. The molecular formula is C17H21NO3. The van der Waals surface area contributed by atoms with E-state index in [0.717, 1.165) is 5.56 Å². The summed E-state index contributed by atoms with van der Waals surface area (Å²) >= 11 is 0. The first kappa shape index (κ1) is 15.6. The Morgan fingerprint density at radius 2 is 2.10 bits per heavy atom. The second-order valence-corrected chi connectivity index (χ2v) is 5.14. The summed E-state index contributed by atoms with van der Waals surface area (Å²) in [6.07, 6.45) is 4.81. The van der Waals surface area contributed by atoms with Crippen LogP contribution in [0, 0.1) is 18.3 Å². The summed E-state index contributed by atoms with van der Waals surface area (Å²) in [6, 6.07) is 9.70. The molecule has 0 unspecified atom stereocenters. The van der Waals surface area contributed by atoms with Gasteiger partial charge in [0.15, 0.2) is 6.23 Å². The molecule has 4 heteroatoms. The topological polar surface area (TPSA) is 49.8 Å². The first-order valence-electron chi connectivity index (χ1n) is 7.26. The fourth-order valence-corrected chi connectivity index (χ4v) is 2.71. The number of carbonyl (C=O) groups excluding carboxylic acids is 1. The second kappa shape index (κ2) is 7.26. The Morgan fingerprint density at radius 1 is 1.38 bits per heavy atom. The molecule has 3 atom stereocenters. The Kier molecular flexibility index (Phi) is 5.38. The van der Waals surface area contributed by atoms with Crippen LogP contribution in [0.25, 0.3) is 0 Å². The molecule has 1 aromatic rings. The Balaban J connectivity index is 2.16. The van der Waals surface area contributed by atoms with Crippen LogP contribution in [0.1, 0.15) is 25.3 Å². The number of hydrogen-bond acceptors (Lipinski definition) is 3. The molecule has 1 amide bonds. The van der Waals surface area contributed by atoms with Gasteiger partial charge in [-0.25, -0.2) is 0 Å². The molecule has 112 valence electrons. The Labute approximate surface area is 125 Å². The van der Waals surface area contributed by atoms with E-state index in [2.05, 4.69) is 5.92 Å². The van der Waals surface area contributed by atoms with Crippen molar-refractivity contribution in [2.75, 3.05) is 6.61 Å². The van der Waals surface area contributed by atoms with E-state index in [-0.39, 0.29) is 5.91 Å². The number of rotatable bonds is 6. The average molecular weight is 287 g/mol. The molecule has 1 N–H and O–H groups in total. The number of terminal acetylenes is 1. The zero-order valence-corrected chi connectivity index (χ0v) is 12.2. The van der Waals surface area contributed by atoms with Crippen LogP contribution < -0.4 is 0 Å². The lowest BCUT2D eigenvalue weighted by atomic mass is 9.99. The van der Waals surface area contributed by atoms with Gasteiger partial charge in [0.25, 0.3) is 0 Å². The highest BCUT2D eigenvalue weighted by Gasteiger charge is 2.47. The largest absolute Gasteiger partial charge is 0.388 e. The van der Waals surface area contributed by atoms with Crippen molar-refractivity contribution in [1.82, 2.24) is 4.90 Å². The van der Waals surface area contributed by atoms with Crippen molar-refractivity contribution in [1.29, 1.82) is 0 Å². The number of amides is 1. The van der Waals surface area contributed by atoms with Crippen LogP contribution in [-0.4, -0.2) is 34.9 Å². The Morgan fingerprint density at radius 3 is 2.71 bits per heavy atom. The summed E-state index contributed by atoms with van der Waals surface area (Å²) in [5.74, 6) is 1.97. The molecule has 0 spiro atoms. The lowest BCUT2D eigenvalue weighted by Crippen LogP contribution is -2.38. The standard InChI is InChI=1S/C17H21NO3/c1-3-5-11-14-15(19)17(21-4-2)18(16(14)20)12-13-9-7-6-8-10-13/h1,6-10,14-15,17,19H,4-5,11-12H2,2H3/t14-,15-,17+/m0/s1. The predicted octanol–water partition coefficient (Wildman–Crippen LogP) is 1.78. The highest BCUT2D eigenvalue weighted by Crippen LogP contribution is 2.30. The quantitative estimate of drug-likeness (QED) is 0.811. The molecule has 1 aliphatic rings. The summed E-state index contributed by atoms with van der Waals surface area (Å²) in [7, 11) is 0. The maximum absolute atomic E-state index is 12.5. The van der Waals surface area contributed by atoms with Crippen molar-refractivity contribution < 1.29 is 14.6 Å². The summed E-state index contributed by atoms with van der Waals surface area (Å²) in [5, 5.41) is 10.4. The van der Waals surface area contributed by atoms with Gasteiger partial charge in [0, 0.05) is 19.6 Å². The van der Waals surface area contributed by atoms with E-state index in [0.29, 0.717) is 26.0 Å². The second-order valence-electron chi connectivity index (χ2n) is 5.14. The molecule has 0 aromatic heterocycles.